The second-order valence-corrected chi connectivity index (χ2v) is 9.12. The number of carbonyl (C=O) groups excluding carboxylic acids is 1. The number of aryl methyl sites for hydroxylation is 1. The lowest BCUT2D eigenvalue weighted by Gasteiger charge is -2.32. The van der Waals surface area contributed by atoms with Crippen molar-refractivity contribution >= 4 is 50.1 Å². The number of aromatic amines is 1. The highest BCUT2D eigenvalue weighted by Crippen LogP contribution is 2.31. The van der Waals surface area contributed by atoms with Crippen LogP contribution in [-0.2, 0) is 9.53 Å². The molecule has 0 aliphatic carbocycles. The minimum atomic E-state index is -1.50. The third kappa shape index (κ3) is 3.52. The predicted molar refractivity (Wildman–Crippen MR) is 133 cm³/mol. The number of morpholine rings is 1. The number of nitrogens with two attached hydrogens (primary N) is 1. The molecule has 0 bridgehead atoms. The molecule has 1 aliphatic heterocycles. The van der Waals surface area contributed by atoms with Crippen LogP contribution in [0.15, 0.2) is 47.5 Å². The van der Waals surface area contributed by atoms with Gasteiger partial charge in [-0.15, -0.1) is 5.10 Å². The standard InChI is InChI=1S/C23H20N8O4S/c1-11-9-15(28-31(11)12-3-2-6-25-10-12)30-7-8-35-18(23(30)34)17(32)21-26-14-5-4-13-19(36-29-20(13)24)16(14)22(33)27-21/h2-6,9-10,17-18,32H,7-8H2,1H3,(H2,24,29)(H,26,27,33)/t17?,18-/m1/s1. The van der Waals surface area contributed by atoms with Crippen molar-refractivity contribution in [2.45, 2.75) is 19.1 Å². The Kier molecular flexibility index (Phi) is 5.25. The van der Waals surface area contributed by atoms with Crippen LogP contribution >= 0.6 is 11.5 Å². The fourth-order valence-corrected chi connectivity index (χ4v) is 5.18. The summed E-state index contributed by atoms with van der Waals surface area (Å²) in [4.78, 5) is 38.9. The Morgan fingerprint density at radius 2 is 2.17 bits per heavy atom. The number of amides is 1. The van der Waals surface area contributed by atoms with Gasteiger partial charge in [-0.3, -0.25) is 19.5 Å². The van der Waals surface area contributed by atoms with Gasteiger partial charge in [0.05, 0.1) is 40.6 Å². The maximum Gasteiger partial charge on any atom is 0.260 e. The van der Waals surface area contributed by atoms with Gasteiger partial charge in [-0.2, -0.15) is 4.37 Å². The third-order valence-corrected chi connectivity index (χ3v) is 6.98. The van der Waals surface area contributed by atoms with E-state index in [0.29, 0.717) is 32.6 Å². The summed E-state index contributed by atoms with van der Waals surface area (Å²) in [6.45, 7) is 2.31. The molecule has 12 nitrogen and oxygen atoms in total. The number of nitrogen functional groups attached to an aromatic ring is 1. The lowest BCUT2D eigenvalue weighted by molar-refractivity contribution is -0.143. The van der Waals surface area contributed by atoms with Crippen LogP contribution in [0.5, 0.6) is 0 Å². The number of aliphatic hydroxyl groups excluding tert-OH is 1. The molecule has 1 aliphatic rings. The van der Waals surface area contributed by atoms with E-state index in [4.69, 9.17) is 10.5 Å². The van der Waals surface area contributed by atoms with Gasteiger partial charge in [-0.05, 0) is 42.7 Å². The first-order valence-corrected chi connectivity index (χ1v) is 11.9. The second-order valence-electron chi connectivity index (χ2n) is 8.35. The molecule has 4 N–H and O–H groups in total. The highest BCUT2D eigenvalue weighted by Gasteiger charge is 2.39. The number of aromatic nitrogens is 6. The van der Waals surface area contributed by atoms with E-state index >= 15 is 0 Å². The Bertz CT molecular complexity index is 1680. The smallest absolute Gasteiger partial charge is 0.260 e. The van der Waals surface area contributed by atoms with Gasteiger partial charge < -0.3 is 20.6 Å². The summed E-state index contributed by atoms with van der Waals surface area (Å²) in [5.74, 6) is 0.203. The Morgan fingerprint density at radius 1 is 1.31 bits per heavy atom. The maximum atomic E-state index is 13.4. The number of benzene rings is 1. The molecule has 4 aromatic heterocycles. The molecule has 13 heteroatoms. The van der Waals surface area contributed by atoms with E-state index in [1.165, 1.54) is 4.90 Å². The molecule has 1 aromatic carbocycles. The average Bonchev–Trinajstić information content (AvgIpc) is 3.46. The number of ether oxygens (including phenoxy) is 1. The molecule has 1 saturated heterocycles. The molecule has 1 amide bonds. The SMILES string of the molecule is Cc1cc(N2CCO[C@H](C(O)c3nc4ccc5c(N)nsc5c4c(=O)[nH]3)C2=O)nn1-c1cccnc1. The van der Waals surface area contributed by atoms with E-state index in [1.54, 1.807) is 41.3 Å². The van der Waals surface area contributed by atoms with Crippen molar-refractivity contribution in [3.05, 3.63) is 64.6 Å². The van der Waals surface area contributed by atoms with Gasteiger partial charge in [-0.25, -0.2) is 9.67 Å². The summed E-state index contributed by atoms with van der Waals surface area (Å²) >= 11 is 1.10. The molecule has 0 saturated carbocycles. The van der Waals surface area contributed by atoms with Gasteiger partial charge in [0, 0.05) is 23.3 Å². The number of pyridine rings is 1. The number of rotatable bonds is 4. The van der Waals surface area contributed by atoms with Crippen molar-refractivity contribution in [1.82, 2.24) is 29.1 Å². The van der Waals surface area contributed by atoms with Crippen LogP contribution in [-0.4, -0.2) is 59.4 Å². The van der Waals surface area contributed by atoms with Crippen LogP contribution in [0, 0.1) is 6.92 Å². The number of nitrogens with one attached hydrogen (secondary N) is 1. The summed E-state index contributed by atoms with van der Waals surface area (Å²) in [7, 11) is 0. The monoisotopic (exact) mass is 504 g/mol. The van der Waals surface area contributed by atoms with Crippen molar-refractivity contribution in [3.63, 3.8) is 0 Å². The highest BCUT2D eigenvalue weighted by atomic mass is 32.1. The quantitative estimate of drug-likeness (QED) is 0.328. The Labute approximate surface area is 207 Å². The number of aliphatic hydroxyl groups is 1. The first-order valence-electron chi connectivity index (χ1n) is 11.1. The van der Waals surface area contributed by atoms with Crippen molar-refractivity contribution in [1.29, 1.82) is 0 Å². The lowest BCUT2D eigenvalue weighted by atomic mass is 10.1. The third-order valence-electron chi connectivity index (χ3n) is 6.09. The molecule has 2 atom stereocenters. The molecule has 0 spiro atoms. The van der Waals surface area contributed by atoms with Crippen LogP contribution in [0.1, 0.15) is 17.6 Å². The number of carbonyl (C=O) groups is 1. The van der Waals surface area contributed by atoms with E-state index in [-0.39, 0.29) is 19.0 Å². The molecular weight excluding hydrogens is 484 g/mol. The van der Waals surface area contributed by atoms with Crippen LogP contribution in [0.4, 0.5) is 11.6 Å². The first-order chi connectivity index (χ1) is 17.4. The summed E-state index contributed by atoms with van der Waals surface area (Å²) < 4.78 is 12.0. The summed E-state index contributed by atoms with van der Waals surface area (Å²) in [5, 5.41) is 16.6. The second kappa shape index (κ2) is 8.48. The van der Waals surface area contributed by atoms with Crippen molar-refractivity contribution < 1.29 is 14.6 Å². The Balaban J connectivity index is 1.32. The molecule has 5 aromatic rings. The summed E-state index contributed by atoms with van der Waals surface area (Å²) in [6, 6.07) is 8.80. The number of H-pyrrole nitrogens is 1. The van der Waals surface area contributed by atoms with Crippen LogP contribution in [0.3, 0.4) is 0 Å². The van der Waals surface area contributed by atoms with E-state index in [1.807, 2.05) is 13.0 Å². The fraction of sp³-hybridized carbons (Fsp3) is 0.217. The van der Waals surface area contributed by atoms with E-state index < -0.39 is 23.7 Å². The van der Waals surface area contributed by atoms with Gasteiger partial charge in [0.25, 0.3) is 11.5 Å². The molecule has 36 heavy (non-hydrogen) atoms. The van der Waals surface area contributed by atoms with Gasteiger partial charge in [-0.1, -0.05) is 0 Å². The number of hydrogen-bond acceptors (Lipinski definition) is 10. The normalized spacial score (nSPS) is 17.2. The van der Waals surface area contributed by atoms with Gasteiger partial charge in [0.2, 0.25) is 0 Å². The number of nitrogens with zero attached hydrogens (tertiary/aromatic N) is 6. The molecule has 5 heterocycles. The predicted octanol–water partition coefficient (Wildman–Crippen LogP) is 1.47. The number of fused-ring (bicyclic) bond motifs is 3. The molecule has 1 unspecified atom stereocenters. The first kappa shape index (κ1) is 22.3. The zero-order valence-electron chi connectivity index (χ0n) is 19.0. The topological polar surface area (TPSA) is 165 Å². The number of hydrogen-bond donors (Lipinski definition) is 3. The van der Waals surface area contributed by atoms with Gasteiger partial charge in [0.15, 0.2) is 11.9 Å². The van der Waals surface area contributed by atoms with Gasteiger partial charge >= 0.3 is 0 Å². The minimum Gasteiger partial charge on any atom is -0.382 e. The van der Waals surface area contributed by atoms with Crippen LogP contribution in [0.2, 0.25) is 0 Å². The Morgan fingerprint density at radius 3 is 2.97 bits per heavy atom. The van der Waals surface area contributed by atoms with Crippen LogP contribution in [0.25, 0.3) is 26.7 Å². The molecule has 0 radical (unpaired) electrons. The molecule has 6 rings (SSSR count). The van der Waals surface area contributed by atoms with Gasteiger partial charge in [0.1, 0.15) is 17.7 Å². The average molecular weight is 505 g/mol. The Hall–Kier alpha value is -4.20. The lowest BCUT2D eigenvalue weighted by Crippen LogP contribution is -2.50. The van der Waals surface area contributed by atoms with E-state index in [2.05, 4.69) is 24.4 Å². The van der Waals surface area contributed by atoms with Crippen molar-refractivity contribution in [2.24, 2.45) is 0 Å². The molecular formula is C23H20N8O4S. The minimum absolute atomic E-state index is 0.0680. The fourth-order valence-electron chi connectivity index (χ4n) is 4.34. The molecule has 182 valence electrons. The largest absolute Gasteiger partial charge is 0.382 e. The summed E-state index contributed by atoms with van der Waals surface area (Å²) in [5.41, 5.74) is 7.33. The maximum absolute atomic E-state index is 13.4. The number of anilines is 2. The summed E-state index contributed by atoms with van der Waals surface area (Å²) in [6.07, 6.45) is 0.571. The van der Waals surface area contributed by atoms with Crippen molar-refractivity contribution in [3.8, 4) is 5.69 Å². The van der Waals surface area contributed by atoms with Crippen LogP contribution < -0.4 is 16.2 Å². The van der Waals surface area contributed by atoms with E-state index in [0.717, 1.165) is 22.9 Å². The van der Waals surface area contributed by atoms with Crippen molar-refractivity contribution in [2.75, 3.05) is 23.8 Å². The highest BCUT2D eigenvalue weighted by molar-refractivity contribution is 7.14. The molecule has 1 fully saturated rings. The van der Waals surface area contributed by atoms with E-state index in [9.17, 15) is 14.7 Å². The zero-order chi connectivity index (χ0) is 25.0. The zero-order valence-corrected chi connectivity index (χ0v) is 19.8.